The van der Waals surface area contributed by atoms with E-state index < -0.39 is 0 Å². The van der Waals surface area contributed by atoms with Crippen LogP contribution in [0.25, 0.3) is 0 Å². The number of halogens is 2. The van der Waals surface area contributed by atoms with Crippen LogP contribution in [0.1, 0.15) is 23.2 Å². The third-order valence-electron chi connectivity index (χ3n) is 5.05. The Bertz CT molecular complexity index is 907. The summed E-state index contributed by atoms with van der Waals surface area (Å²) in [6.07, 6.45) is 3.53. The molecule has 1 saturated heterocycles. The van der Waals surface area contributed by atoms with Gasteiger partial charge >= 0.3 is 0 Å². The average Bonchev–Trinajstić information content (AvgIpc) is 3.38. The third-order valence-corrected chi connectivity index (χ3v) is 5.05. The maximum Gasteiger partial charge on any atom is 0.173 e. The molecule has 0 amide bonds. The number of tetrazole rings is 1. The van der Waals surface area contributed by atoms with Gasteiger partial charge in [-0.2, -0.15) is 0 Å². The van der Waals surface area contributed by atoms with Gasteiger partial charge in [0.1, 0.15) is 24.2 Å². The molecule has 9 heteroatoms. The quantitative estimate of drug-likeness (QED) is 0.550. The van der Waals surface area contributed by atoms with Gasteiger partial charge in [-0.1, -0.05) is 24.3 Å². The Morgan fingerprint density at radius 2 is 1.93 bits per heavy atom. The second kappa shape index (κ2) is 9.78. The van der Waals surface area contributed by atoms with Crippen LogP contribution in [0, 0.1) is 5.82 Å². The SMILES string of the molecule is C=CCN1CCN(C(c2ccccc2F)c2nnnn2Cc2ccco2)CC1.Cl. The lowest BCUT2D eigenvalue weighted by Gasteiger charge is -2.38. The molecule has 0 radical (unpaired) electrons. The van der Waals surface area contributed by atoms with Gasteiger partial charge in [-0.05, 0) is 28.6 Å². The van der Waals surface area contributed by atoms with Gasteiger partial charge in [-0.25, -0.2) is 9.07 Å². The topological polar surface area (TPSA) is 63.2 Å². The summed E-state index contributed by atoms with van der Waals surface area (Å²) in [6, 6.07) is 10.2. The Labute approximate surface area is 175 Å². The Morgan fingerprint density at radius 1 is 1.14 bits per heavy atom. The summed E-state index contributed by atoms with van der Waals surface area (Å²) in [7, 11) is 0. The van der Waals surface area contributed by atoms with Crippen molar-refractivity contribution in [1.82, 2.24) is 30.0 Å². The van der Waals surface area contributed by atoms with Crippen LogP contribution in [0.2, 0.25) is 0 Å². The minimum atomic E-state index is -0.364. The summed E-state index contributed by atoms with van der Waals surface area (Å²) in [4.78, 5) is 4.57. The lowest BCUT2D eigenvalue weighted by molar-refractivity contribution is 0.111. The van der Waals surface area contributed by atoms with E-state index in [1.54, 1.807) is 17.0 Å². The second-order valence-corrected chi connectivity index (χ2v) is 6.82. The van der Waals surface area contributed by atoms with Gasteiger partial charge in [0.2, 0.25) is 0 Å². The molecule has 154 valence electrons. The number of benzene rings is 1. The minimum Gasteiger partial charge on any atom is -0.467 e. The van der Waals surface area contributed by atoms with Gasteiger partial charge in [0.05, 0.1) is 6.26 Å². The van der Waals surface area contributed by atoms with Crippen molar-refractivity contribution >= 4 is 12.4 Å². The molecule has 3 aromatic rings. The molecule has 29 heavy (non-hydrogen) atoms. The maximum atomic E-state index is 14.7. The van der Waals surface area contributed by atoms with E-state index in [1.165, 1.54) is 6.07 Å². The Kier molecular flexibility index (Phi) is 7.13. The van der Waals surface area contributed by atoms with Gasteiger partial charge < -0.3 is 4.42 Å². The summed E-state index contributed by atoms with van der Waals surface area (Å²) in [5, 5.41) is 12.3. The molecule has 1 aliphatic heterocycles. The molecular formula is C20H24ClFN6O. The van der Waals surface area contributed by atoms with E-state index in [2.05, 4.69) is 31.9 Å². The standard InChI is InChI=1S/C20H23FN6O.ClH/c1-2-9-25-10-12-26(13-11-25)19(17-7-3-4-8-18(17)21)20-22-23-24-27(20)15-16-6-5-14-28-16;/h2-8,14,19H,1,9-13,15H2;1H. The van der Waals surface area contributed by atoms with Gasteiger partial charge in [-0.3, -0.25) is 9.80 Å². The molecule has 0 N–H and O–H groups in total. The highest BCUT2D eigenvalue weighted by atomic mass is 35.5. The number of piperazine rings is 1. The molecular weight excluding hydrogens is 395 g/mol. The Morgan fingerprint density at radius 3 is 2.62 bits per heavy atom. The number of aromatic nitrogens is 4. The van der Waals surface area contributed by atoms with Crippen molar-refractivity contribution in [3.8, 4) is 0 Å². The number of nitrogens with zero attached hydrogens (tertiary/aromatic N) is 6. The van der Waals surface area contributed by atoms with Crippen LogP contribution in [-0.2, 0) is 6.54 Å². The highest BCUT2D eigenvalue weighted by molar-refractivity contribution is 5.85. The van der Waals surface area contributed by atoms with E-state index in [-0.39, 0.29) is 24.3 Å². The molecule has 0 spiro atoms. The third kappa shape index (κ3) is 4.72. The molecule has 1 unspecified atom stereocenters. The maximum absolute atomic E-state index is 14.7. The van der Waals surface area contributed by atoms with Gasteiger partial charge in [-0.15, -0.1) is 24.1 Å². The first-order chi connectivity index (χ1) is 13.8. The predicted octanol–water partition coefficient (Wildman–Crippen LogP) is 2.77. The van der Waals surface area contributed by atoms with Crippen molar-refractivity contribution in [3.63, 3.8) is 0 Å². The summed E-state index contributed by atoms with van der Waals surface area (Å²) in [5.74, 6) is 1.10. The molecule has 0 bridgehead atoms. The average molecular weight is 419 g/mol. The van der Waals surface area contributed by atoms with Crippen LogP contribution in [0.5, 0.6) is 0 Å². The van der Waals surface area contributed by atoms with Crippen LogP contribution in [0.3, 0.4) is 0 Å². The van der Waals surface area contributed by atoms with Gasteiger partial charge in [0, 0.05) is 38.3 Å². The normalized spacial score (nSPS) is 16.3. The van der Waals surface area contributed by atoms with Crippen LogP contribution in [0.15, 0.2) is 59.7 Å². The van der Waals surface area contributed by atoms with E-state index in [1.807, 2.05) is 30.3 Å². The molecule has 2 aromatic heterocycles. The molecule has 1 fully saturated rings. The van der Waals surface area contributed by atoms with Crippen molar-refractivity contribution < 1.29 is 8.81 Å². The van der Waals surface area contributed by atoms with E-state index in [0.29, 0.717) is 17.9 Å². The fourth-order valence-electron chi connectivity index (χ4n) is 3.65. The van der Waals surface area contributed by atoms with Crippen molar-refractivity contribution in [1.29, 1.82) is 0 Å². The van der Waals surface area contributed by atoms with Crippen molar-refractivity contribution in [2.45, 2.75) is 12.6 Å². The lowest BCUT2D eigenvalue weighted by atomic mass is 10.0. The first kappa shape index (κ1) is 21.2. The van der Waals surface area contributed by atoms with E-state index in [9.17, 15) is 4.39 Å². The van der Waals surface area contributed by atoms with E-state index >= 15 is 0 Å². The van der Waals surface area contributed by atoms with Crippen molar-refractivity contribution in [3.05, 3.63) is 78.3 Å². The van der Waals surface area contributed by atoms with Crippen LogP contribution >= 0.6 is 12.4 Å². The van der Waals surface area contributed by atoms with E-state index in [0.717, 1.165) is 38.5 Å². The number of rotatable bonds is 7. The van der Waals surface area contributed by atoms with Crippen molar-refractivity contribution in [2.75, 3.05) is 32.7 Å². The zero-order chi connectivity index (χ0) is 19.3. The molecule has 0 aliphatic carbocycles. The smallest absolute Gasteiger partial charge is 0.173 e. The largest absolute Gasteiger partial charge is 0.467 e. The first-order valence-corrected chi connectivity index (χ1v) is 9.36. The summed E-state index contributed by atoms with van der Waals surface area (Å²) in [5.41, 5.74) is 0.579. The predicted molar refractivity (Wildman–Crippen MR) is 109 cm³/mol. The summed E-state index contributed by atoms with van der Waals surface area (Å²) < 4.78 is 21.9. The Hall–Kier alpha value is -2.55. The molecule has 3 heterocycles. The lowest BCUT2D eigenvalue weighted by Crippen LogP contribution is -2.48. The number of furan rings is 1. The van der Waals surface area contributed by atoms with Crippen LogP contribution < -0.4 is 0 Å². The molecule has 7 nitrogen and oxygen atoms in total. The molecule has 1 aliphatic rings. The number of hydrogen-bond donors (Lipinski definition) is 0. The van der Waals surface area contributed by atoms with E-state index in [4.69, 9.17) is 4.42 Å². The van der Waals surface area contributed by atoms with Gasteiger partial charge in [0.25, 0.3) is 0 Å². The zero-order valence-electron chi connectivity index (χ0n) is 16.0. The van der Waals surface area contributed by atoms with Crippen LogP contribution in [-0.4, -0.2) is 62.7 Å². The first-order valence-electron chi connectivity index (χ1n) is 9.36. The molecule has 4 rings (SSSR count). The highest BCUT2D eigenvalue weighted by Gasteiger charge is 2.32. The zero-order valence-corrected chi connectivity index (χ0v) is 16.8. The highest BCUT2D eigenvalue weighted by Crippen LogP contribution is 2.30. The minimum absolute atomic E-state index is 0. The molecule has 1 aromatic carbocycles. The second-order valence-electron chi connectivity index (χ2n) is 6.82. The Balaban J connectivity index is 0.00000240. The van der Waals surface area contributed by atoms with Crippen molar-refractivity contribution in [2.24, 2.45) is 0 Å². The summed E-state index contributed by atoms with van der Waals surface area (Å²) >= 11 is 0. The van der Waals surface area contributed by atoms with Crippen LogP contribution in [0.4, 0.5) is 4.39 Å². The number of hydrogen-bond acceptors (Lipinski definition) is 6. The summed E-state index contributed by atoms with van der Waals surface area (Å²) in [6.45, 7) is 8.42. The molecule has 1 atom stereocenters. The van der Waals surface area contributed by atoms with Gasteiger partial charge in [0.15, 0.2) is 5.82 Å². The fourth-order valence-corrected chi connectivity index (χ4v) is 3.65. The molecule has 0 saturated carbocycles. The monoisotopic (exact) mass is 418 g/mol. The fraction of sp³-hybridized carbons (Fsp3) is 0.350.